The number of primary amides is 1. The van der Waals surface area contributed by atoms with Gasteiger partial charge < -0.3 is 15.2 Å². The molecule has 0 unspecified atom stereocenters. The highest BCUT2D eigenvalue weighted by Gasteiger charge is 2.39. The van der Waals surface area contributed by atoms with E-state index in [1.54, 1.807) is 12.1 Å². The van der Waals surface area contributed by atoms with Crippen LogP contribution >= 0.6 is 11.6 Å². The third kappa shape index (κ3) is 5.33. The van der Waals surface area contributed by atoms with Crippen molar-refractivity contribution < 1.29 is 14.3 Å². The molecule has 0 radical (unpaired) electrons. The summed E-state index contributed by atoms with van der Waals surface area (Å²) in [6, 6.07) is 7.49. The van der Waals surface area contributed by atoms with Crippen LogP contribution in [0.5, 0.6) is 5.75 Å². The molecule has 1 atom stereocenters. The fourth-order valence-electron chi connectivity index (χ4n) is 4.05. The van der Waals surface area contributed by atoms with Gasteiger partial charge in [0.05, 0.1) is 18.7 Å². The second-order valence-corrected chi connectivity index (χ2v) is 8.76. The maximum Gasteiger partial charge on any atom is 0.220 e. The Morgan fingerprint density at radius 3 is 2.80 bits per heavy atom. The topological polar surface area (TPSA) is 82.6 Å². The Kier molecular flexibility index (Phi) is 7.06. The number of amides is 1. The number of nitrogens with zero attached hydrogens (tertiary/aromatic N) is 3. The van der Waals surface area contributed by atoms with E-state index in [2.05, 4.69) is 30.4 Å². The number of nitrogens with two attached hydrogens (primary N) is 1. The Labute approximate surface area is 183 Å². The summed E-state index contributed by atoms with van der Waals surface area (Å²) in [4.78, 5) is 14.1. The van der Waals surface area contributed by atoms with E-state index in [4.69, 9.17) is 31.9 Å². The number of rotatable bonds is 8. The van der Waals surface area contributed by atoms with Crippen LogP contribution in [0.25, 0.3) is 0 Å². The zero-order chi connectivity index (χ0) is 21.9. The van der Waals surface area contributed by atoms with Crippen LogP contribution in [0.3, 0.4) is 0 Å². The minimum absolute atomic E-state index is 0.0906. The number of aromatic nitrogens is 2. The molecular formula is C22H31ClN4O3. The van der Waals surface area contributed by atoms with E-state index in [0.29, 0.717) is 30.0 Å². The molecule has 0 spiro atoms. The number of carbonyl (C=O) groups is 1. The van der Waals surface area contributed by atoms with Gasteiger partial charge >= 0.3 is 0 Å². The molecule has 30 heavy (non-hydrogen) atoms. The number of morpholine rings is 1. The van der Waals surface area contributed by atoms with Gasteiger partial charge in [0.15, 0.2) is 0 Å². The summed E-state index contributed by atoms with van der Waals surface area (Å²) in [6.07, 6.45) is 0.0906. The molecular weight excluding hydrogens is 404 g/mol. The Morgan fingerprint density at radius 1 is 1.40 bits per heavy atom. The molecule has 1 aromatic heterocycles. The first-order chi connectivity index (χ1) is 14.2. The van der Waals surface area contributed by atoms with E-state index in [1.165, 1.54) is 11.3 Å². The molecule has 2 heterocycles. The Morgan fingerprint density at radius 2 is 2.17 bits per heavy atom. The normalized spacial score (nSPS) is 19.9. The lowest BCUT2D eigenvalue weighted by molar-refractivity contribution is -0.148. The first kappa shape index (κ1) is 22.6. The summed E-state index contributed by atoms with van der Waals surface area (Å²) in [6.45, 7) is 11.2. The van der Waals surface area contributed by atoms with Gasteiger partial charge in [-0.25, -0.2) is 0 Å². The maximum atomic E-state index is 11.8. The molecule has 0 bridgehead atoms. The highest BCUT2D eigenvalue weighted by molar-refractivity contribution is 6.30. The van der Waals surface area contributed by atoms with Gasteiger partial charge in [0.25, 0.3) is 0 Å². The summed E-state index contributed by atoms with van der Waals surface area (Å²) >= 11 is 6.05. The standard InChI is InChI=1S/C22H31ClN4O3/c1-15(2)27-17(4)20(16(3)25-27)12-26-8-9-30-22(13-26,11-21(24)28)14-29-19-7-5-6-18(23)10-19/h5-7,10,15H,8-9,11-14H2,1-4H3,(H2,24,28)/t22-/m0/s1. The van der Waals surface area contributed by atoms with Gasteiger partial charge in [-0.05, 0) is 45.9 Å². The average Bonchev–Trinajstić information content (AvgIpc) is 2.95. The van der Waals surface area contributed by atoms with Gasteiger partial charge in [0.1, 0.15) is 18.0 Å². The average molecular weight is 435 g/mol. The van der Waals surface area contributed by atoms with Crippen molar-refractivity contribution in [2.24, 2.45) is 5.73 Å². The van der Waals surface area contributed by atoms with Gasteiger partial charge in [0, 0.05) is 42.0 Å². The molecule has 3 rings (SSSR count). The Balaban J connectivity index is 1.76. The fourth-order valence-corrected chi connectivity index (χ4v) is 4.23. The van der Waals surface area contributed by atoms with E-state index >= 15 is 0 Å². The lowest BCUT2D eigenvalue weighted by atomic mass is 9.97. The molecule has 2 aromatic rings. The van der Waals surface area contributed by atoms with E-state index in [9.17, 15) is 4.79 Å². The summed E-state index contributed by atoms with van der Waals surface area (Å²) < 4.78 is 14.1. The van der Waals surface area contributed by atoms with Crippen LogP contribution in [0.1, 0.15) is 43.3 Å². The van der Waals surface area contributed by atoms with Gasteiger partial charge in [0.2, 0.25) is 5.91 Å². The number of benzene rings is 1. The molecule has 1 aromatic carbocycles. The van der Waals surface area contributed by atoms with Crippen LogP contribution in [-0.4, -0.2) is 52.5 Å². The first-order valence-corrected chi connectivity index (χ1v) is 10.6. The molecule has 7 nitrogen and oxygen atoms in total. The third-order valence-electron chi connectivity index (χ3n) is 5.47. The van der Waals surface area contributed by atoms with E-state index in [1.807, 2.05) is 19.1 Å². The van der Waals surface area contributed by atoms with E-state index < -0.39 is 11.5 Å². The molecule has 1 amide bonds. The number of carbonyl (C=O) groups excluding carboxylic acids is 1. The monoisotopic (exact) mass is 434 g/mol. The summed E-state index contributed by atoms with van der Waals surface area (Å²) in [5.41, 5.74) is 8.17. The third-order valence-corrected chi connectivity index (χ3v) is 5.70. The van der Waals surface area contributed by atoms with Gasteiger partial charge in [-0.1, -0.05) is 17.7 Å². The quantitative estimate of drug-likeness (QED) is 0.689. The highest BCUT2D eigenvalue weighted by atomic mass is 35.5. The lowest BCUT2D eigenvalue weighted by Gasteiger charge is -2.42. The minimum atomic E-state index is -0.803. The fraction of sp³-hybridized carbons (Fsp3) is 0.545. The number of hydrogen-bond acceptors (Lipinski definition) is 5. The van der Waals surface area contributed by atoms with Crippen molar-refractivity contribution >= 4 is 17.5 Å². The molecule has 2 N–H and O–H groups in total. The van der Waals surface area contributed by atoms with Gasteiger partial charge in [-0.3, -0.25) is 14.4 Å². The predicted molar refractivity (Wildman–Crippen MR) is 117 cm³/mol. The van der Waals surface area contributed by atoms with Crippen molar-refractivity contribution in [2.75, 3.05) is 26.3 Å². The predicted octanol–water partition coefficient (Wildman–Crippen LogP) is 3.26. The lowest BCUT2D eigenvalue weighted by Crippen LogP contribution is -2.56. The van der Waals surface area contributed by atoms with Crippen molar-refractivity contribution in [3.63, 3.8) is 0 Å². The highest BCUT2D eigenvalue weighted by Crippen LogP contribution is 2.27. The molecule has 1 saturated heterocycles. The second-order valence-electron chi connectivity index (χ2n) is 8.32. The number of hydrogen-bond donors (Lipinski definition) is 1. The van der Waals surface area contributed by atoms with Crippen molar-refractivity contribution in [2.45, 2.75) is 52.3 Å². The molecule has 0 aliphatic carbocycles. The number of aryl methyl sites for hydroxylation is 1. The summed E-state index contributed by atoms with van der Waals surface area (Å²) in [7, 11) is 0. The van der Waals surface area contributed by atoms with E-state index in [-0.39, 0.29) is 13.0 Å². The molecule has 0 saturated carbocycles. The number of ether oxygens (including phenoxy) is 2. The maximum absolute atomic E-state index is 11.8. The van der Waals surface area contributed by atoms with Crippen LogP contribution in [0.2, 0.25) is 5.02 Å². The molecule has 1 fully saturated rings. The van der Waals surface area contributed by atoms with Crippen LogP contribution in [0, 0.1) is 13.8 Å². The van der Waals surface area contributed by atoms with Crippen LogP contribution in [-0.2, 0) is 16.1 Å². The van der Waals surface area contributed by atoms with E-state index in [0.717, 1.165) is 18.8 Å². The zero-order valence-electron chi connectivity index (χ0n) is 18.2. The SMILES string of the molecule is Cc1nn(C(C)C)c(C)c1CN1CCO[C@@](COc2cccc(Cl)c2)(CC(N)=O)C1. The molecule has 164 valence electrons. The summed E-state index contributed by atoms with van der Waals surface area (Å²) in [5.74, 6) is 0.225. The smallest absolute Gasteiger partial charge is 0.220 e. The second kappa shape index (κ2) is 9.37. The Hall–Kier alpha value is -2.09. The number of halogens is 1. The van der Waals surface area contributed by atoms with Gasteiger partial charge in [-0.15, -0.1) is 0 Å². The summed E-state index contributed by atoms with van der Waals surface area (Å²) in [5, 5.41) is 5.28. The minimum Gasteiger partial charge on any atom is -0.490 e. The molecule has 8 heteroatoms. The molecule has 1 aliphatic rings. The zero-order valence-corrected chi connectivity index (χ0v) is 18.9. The largest absolute Gasteiger partial charge is 0.490 e. The molecule has 1 aliphatic heterocycles. The van der Waals surface area contributed by atoms with Crippen molar-refractivity contribution in [1.82, 2.24) is 14.7 Å². The van der Waals surface area contributed by atoms with Crippen molar-refractivity contribution in [3.05, 3.63) is 46.2 Å². The van der Waals surface area contributed by atoms with Gasteiger partial charge in [-0.2, -0.15) is 5.10 Å². The van der Waals surface area contributed by atoms with Crippen LogP contribution in [0.4, 0.5) is 0 Å². The van der Waals surface area contributed by atoms with Crippen molar-refractivity contribution in [3.8, 4) is 5.75 Å². The Bertz CT molecular complexity index is 899. The van der Waals surface area contributed by atoms with Crippen molar-refractivity contribution in [1.29, 1.82) is 0 Å². The van der Waals surface area contributed by atoms with Crippen LogP contribution in [0.15, 0.2) is 24.3 Å². The first-order valence-electron chi connectivity index (χ1n) is 10.3. The van der Waals surface area contributed by atoms with Crippen LogP contribution < -0.4 is 10.5 Å².